The molecule has 1 atom stereocenters. The van der Waals surface area contributed by atoms with E-state index in [0.29, 0.717) is 6.04 Å². The van der Waals surface area contributed by atoms with E-state index in [1.165, 1.54) is 51.5 Å². The lowest BCUT2D eigenvalue weighted by molar-refractivity contribution is 0.0505. The molecule has 1 heterocycles. The van der Waals surface area contributed by atoms with Crippen LogP contribution in [0.4, 0.5) is 0 Å². The Labute approximate surface area is 86.5 Å². The minimum atomic E-state index is 0.600. The van der Waals surface area contributed by atoms with Crippen LogP contribution in [0.1, 0.15) is 44.9 Å². The van der Waals surface area contributed by atoms with Gasteiger partial charge in [-0.15, -0.1) is 0 Å². The average Bonchev–Trinajstić information content (AvgIpc) is 2.68. The van der Waals surface area contributed by atoms with Crippen molar-refractivity contribution in [2.75, 3.05) is 13.2 Å². The van der Waals surface area contributed by atoms with Crippen LogP contribution >= 0.6 is 0 Å². The second-order valence-electron chi connectivity index (χ2n) is 4.66. The maximum absolute atomic E-state index is 5.17. The molecule has 1 aliphatic heterocycles. The van der Waals surface area contributed by atoms with Crippen LogP contribution in [0.25, 0.3) is 0 Å². The molecule has 2 fully saturated rings. The van der Waals surface area contributed by atoms with Gasteiger partial charge in [0.05, 0.1) is 6.61 Å². The molecule has 1 aliphatic carbocycles. The summed E-state index contributed by atoms with van der Waals surface area (Å²) in [6, 6.07) is 1.43. The third-order valence-electron chi connectivity index (χ3n) is 3.76. The molecule has 0 spiro atoms. The smallest absolute Gasteiger partial charge is 0.0834 e. The van der Waals surface area contributed by atoms with E-state index in [1.54, 1.807) is 0 Å². The maximum Gasteiger partial charge on any atom is 0.0834 e. The van der Waals surface area contributed by atoms with E-state index in [9.17, 15) is 0 Å². The van der Waals surface area contributed by atoms with Crippen molar-refractivity contribution in [1.29, 1.82) is 0 Å². The molecular formula is C11H22N2O. The van der Waals surface area contributed by atoms with Crippen LogP contribution in [-0.4, -0.2) is 30.1 Å². The summed E-state index contributed by atoms with van der Waals surface area (Å²) in [5.41, 5.74) is 0. The van der Waals surface area contributed by atoms with Crippen LogP contribution in [0.5, 0.6) is 0 Å². The van der Waals surface area contributed by atoms with Gasteiger partial charge in [0.15, 0.2) is 0 Å². The Kier molecular flexibility index (Phi) is 3.79. The molecule has 0 amide bonds. The first kappa shape index (κ1) is 10.4. The second-order valence-corrected chi connectivity index (χ2v) is 4.66. The van der Waals surface area contributed by atoms with E-state index >= 15 is 0 Å². The van der Waals surface area contributed by atoms with E-state index in [4.69, 9.17) is 10.7 Å². The standard InChI is InChI=1S/C11H22N2O/c12-14-9-11-7-4-8-13(11)10-5-2-1-3-6-10/h10-11H,1-9,12H2. The fourth-order valence-corrected chi connectivity index (χ4v) is 3.04. The molecule has 82 valence electrons. The molecule has 1 saturated heterocycles. The van der Waals surface area contributed by atoms with Gasteiger partial charge in [-0.2, -0.15) is 0 Å². The average molecular weight is 198 g/mol. The SMILES string of the molecule is NOCC1CCCN1C1CCCCC1. The third kappa shape index (κ3) is 2.27. The summed E-state index contributed by atoms with van der Waals surface area (Å²) in [5, 5.41) is 0. The Morgan fingerprint density at radius 1 is 1.07 bits per heavy atom. The van der Waals surface area contributed by atoms with Gasteiger partial charge in [-0.1, -0.05) is 19.3 Å². The van der Waals surface area contributed by atoms with Gasteiger partial charge in [0.1, 0.15) is 0 Å². The van der Waals surface area contributed by atoms with Crippen LogP contribution < -0.4 is 5.90 Å². The van der Waals surface area contributed by atoms with Crippen molar-refractivity contribution in [2.45, 2.75) is 57.0 Å². The molecule has 2 aliphatic rings. The molecule has 2 rings (SSSR count). The molecule has 1 unspecified atom stereocenters. The zero-order valence-electron chi connectivity index (χ0n) is 8.95. The topological polar surface area (TPSA) is 38.5 Å². The molecule has 0 aromatic heterocycles. The normalized spacial score (nSPS) is 31.1. The minimum absolute atomic E-state index is 0.600. The van der Waals surface area contributed by atoms with Crippen molar-refractivity contribution in [3.63, 3.8) is 0 Å². The van der Waals surface area contributed by atoms with Gasteiger partial charge < -0.3 is 4.84 Å². The van der Waals surface area contributed by atoms with Crippen molar-refractivity contribution in [3.8, 4) is 0 Å². The van der Waals surface area contributed by atoms with Crippen molar-refractivity contribution in [2.24, 2.45) is 5.90 Å². The van der Waals surface area contributed by atoms with E-state index < -0.39 is 0 Å². The van der Waals surface area contributed by atoms with Crippen LogP contribution in [-0.2, 0) is 4.84 Å². The van der Waals surface area contributed by atoms with Gasteiger partial charge >= 0.3 is 0 Å². The van der Waals surface area contributed by atoms with Crippen molar-refractivity contribution in [3.05, 3.63) is 0 Å². The zero-order chi connectivity index (χ0) is 9.80. The fraction of sp³-hybridized carbons (Fsp3) is 1.00. The summed E-state index contributed by atoms with van der Waals surface area (Å²) >= 11 is 0. The largest absolute Gasteiger partial charge is 0.303 e. The third-order valence-corrected chi connectivity index (χ3v) is 3.76. The summed E-state index contributed by atoms with van der Waals surface area (Å²) in [7, 11) is 0. The molecule has 14 heavy (non-hydrogen) atoms. The van der Waals surface area contributed by atoms with Crippen LogP contribution in [0, 0.1) is 0 Å². The summed E-state index contributed by atoms with van der Waals surface area (Å²) in [4.78, 5) is 7.45. The Morgan fingerprint density at radius 2 is 1.86 bits per heavy atom. The predicted octanol–water partition coefficient (Wildman–Crippen LogP) is 1.67. The number of nitrogens with two attached hydrogens (primary N) is 1. The molecular weight excluding hydrogens is 176 g/mol. The second kappa shape index (κ2) is 5.10. The van der Waals surface area contributed by atoms with Gasteiger partial charge in [0.25, 0.3) is 0 Å². The molecule has 3 heteroatoms. The fourth-order valence-electron chi connectivity index (χ4n) is 3.04. The monoisotopic (exact) mass is 198 g/mol. The lowest BCUT2D eigenvalue weighted by atomic mass is 9.94. The molecule has 3 nitrogen and oxygen atoms in total. The van der Waals surface area contributed by atoms with E-state index in [1.807, 2.05) is 0 Å². The van der Waals surface area contributed by atoms with Gasteiger partial charge in [-0.05, 0) is 32.2 Å². The van der Waals surface area contributed by atoms with Crippen LogP contribution in [0.2, 0.25) is 0 Å². The summed E-state index contributed by atoms with van der Waals surface area (Å²) in [5.74, 6) is 5.17. The Hall–Kier alpha value is -0.120. The zero-order valence-corrected chi connectivity index (χ0v) is 8.95. The molecule has 2 N–H and O–H groups in total. The van der Waals surface area contributed by atoms with E-state index in [0.717, 1.165) is 12.6 Å². The van der Waals surface area contributed by atoms with Crippen molar-refractivity contribution < 1.29 is 4.84 Å². The summed E-state index contributed by atoms with van der Waals surface area (Å²) < 4.78 is 0. The Bertz CT molecular complexity index is 169. The summed E-state index contributed by atoms with van der Waals surface area (Å²) in [6.45, 7) is 1.98. The molecule has 0 bridgehead atoms. The van der Waals surface area contributed by atoms with Crippen LogP contribution in [0.3, 0.4) is 0 Å². The summed E-state index contributed by atoms with van der Waals surface area (Å²) in [6.07, 6.45) is 9.64. The predicted molar refractivity (Wildman–Crippen MR) is 56.7 cm³/mol. The number of rotatable bonds is 3. The van der Waals surface area contributed by atoms with E-state index in [-0.39, 0.29) is 0 Å². The number of nitrogens with zero attached hydrogens (tertiary/aromatic N) is 1. The van der Waals surface area contributed by atoms with Gasteiger partial charge in [0.2, 0.25) is 0 Å². The van der Waals surface area contributed by atoms with E-state index in [2.05, 4.69) is 4.90 Å². The Balaban J connectivity index is 1.87. The molecule has 0 aromatic carbocycles. The lowest BCUT2D eigenvalue weighted by Gasteiger charge is -2.35. The first-order chi connectivity index (χ1) is 6.92. The Morgan fingerprint density at radius 3 is 2.57 bits per heavy atom. The van der Waals surface area contributed by atoms with Crippen molar-refractivity contribution >= 4 is 0 Å². The highest BCUT2D eigenvalue weighted by molar-refractivity contribution is 4.86. The minimum Gasteiger partial charge on any atom is -0.303 e. The van der Waals surface area contributed by atoms with Crippen molar-refractivity contribution in [1.82, 2.24) is 4.90 Å². The lowest BCUT2D eigenvalue weighted by Crippen LogP contribution is -2.42. The van der Waals surface area contributed by atoms with Gasteiger partial charge in [0, 0.05) is 12.1 Å². The highest BCUT2D eigenvalue weighted by Crippen LogP contribution is 2.28. The molecule has 0 aromatic rings. The molecule has 0 radical (unpaired) electrons. The number of hydrogen-bond donors (Lipinski definition) is 1. The highest BCUT2D eigenvalue weighted by Gasteiger charge is 2.31. The molecule has 1 saturated carbocycles. The number of hydrogen-bond acceptors (Lipinski definition) is 3. The quantitative estimate of drug-likeness (QED) is 0.701. The maximum atomic E-state index is 5.17. The van der Waals surface area contributed by atoms with Gasteiger partial charge in [-0.25, -0.2) is 5.90 Å². The van der Waals surface area contributed by atoms with Gasteiger partial charge in [-0.3, -0.25) is 4.90 Å². The number of likely N-dealkylation sites (tertiary alicyclic amines) is 1. The highest BCUT2D eigenvalue weighted by atomic mass is 16.6. The first-order valence-electron chi connectivity index (χ1n) is 5.99. The van der Waals surface area contributed by atoms with Crippen LogP contribution in [0.15, 0.2) is 0 Å². The first-order valence-corrected chi connectivity index (χ1v) is 5.99.